The molecule has 1 aromatic rings. The Labute approximate surface area is 91.8 Å². The van der Waals surface area contributed by atoms with Gasteiger partial charge >= 0.3 is 6.18 Å². The van der Waals surface area contributed by atoms with Crippen LogP contribution >= 0.6 is 0 Å². The van der Waals surface area contributed by atoms with E-state index in [1.54, 1.807) is 12.1 Å². The third-order valence-electron chi connectivity index (χ3n) is 2.72. The van der Waals surface area contributed by atoms with Gasteiger partial charge in [-0.2, -0.15) is 13.2 Å². The second-order valence-corrected chi connectivity index (χ2v) is 4.10. The van der Waals surface area contributed by atoms with Crippen LogP contribution in [0.5, 0.6) is 0 Å². The van der Waals surface area contributed by atoms with Crippen LogP contribution in [0.1, 0.15) is 11.1 Å². The van der Waals surface area contributed by atoms with E-state index in [-0.39, 0.29) is 0 Å². The summed E-state index contributed by atoms with van der Waals surface area (Å²) in [4.78, 5) is 1.40. The van der Waals surface area contributed by atoms with Gasteiger partial charge in [0.05, 0.1) is 6.54 Å². The quantitative estimate of drug-likeness (QED) is 0.749. The zero-order valence-corrected chi connectivity index (χ0v) is 8.72. The van der Waals surface area contributed by atoms with Gasteiger partial charge in [-0.3, -0.25) is 4.90 Å². The molecule has 0 fully saturated rings. The molecule has 0 saturated carbocycles. The number of anilines is 1. The lowest BCUT2D eigenvalue weighted by Crippen LogP contribution is -2.37. The minimum atomic E-state index is -4.13. The van der Waals surface area contributed by atoms with Crippen molar-refractivity contribution in [1.82, 2.24) is 4.90 Å². The summed E-state index contributed by atoms with van der Waals surface area (Å²) in [6, 6.07) is 5.45. The minimum Gasteiger partial charge on any atom is -0.399 e. The Kier molecular flexibility index (Phi) is 2.80. The van der Waals surface area contributed by atoms with E-state index in [0.717, 1.165) is 11.1 Å². The van der Waals surface area contributed by atoms with Crippen LogP contribution in [0.25, 0.3) is 0 Å². The van der Waals surface area contributed by atoms with E-state index in [1.165, 1.54) is 4.90 Å². The number of hydrogen-bond acceptors (Lipinski definition) is 2. The normalized spacial score (nSPS) is 17.2. The Hall–Kier alpha value is -1.23. The van der Waals surface area contributed by atoms with Crippen LogP contribution in [-0.2, 0) is 13.0 Å². The SMILES string of the molecule is Nc1ccc2c(c1)CN(CC(F)(F)F)CC2. The topological polar surface area (TPSA) is 29.3 Å². The number of fused-ring (bicyclic) bond motifs is 1. The fourth-order valence-electron chi connectivity index (χ4n) is 2.02. The molecule has 0 amide bonds. The average Bonchev–Trinajstić information content (AvgIpc) is 2.14. The molecule has 2 rings (SSSR count). The molecule has 0 atom stereocenters. The first-order valence-corrected chi connectivity index (χ1v) is 5.10. The Bertz CT molecular complexity index is 387. The summed E-state index contributed by atoms with van der Waals surface area (Å²) >= 11 is 0. The number of rotatable bonds is 1. The van der Waals surface area contributed by atoms with Crippen LogP contribution in [0, 0.1) is 0 Å². The van der Waals surface area contributed by atoms with Crippen LogP contribution in [-0.4, -0.2) is 24.2 Å². The molecule has 0 spiro atoms. The average molecular weight is 230 g/mol. The van der Waals surface area contributed by atoms with Gasteiger partial charge in [-0.1, -0.05) is 6.07 Å². The van der Waals surface area contributed by atoms with Gasteiger partial charge in [-0.15, -0.1) is 0 Å². The van der Waals surface area contributed by atoms with Crippen molar-refractivity contribution in [3.05, 3.63) is 29.3 Å². The minimum absolute atomic E-state index is 0.333. The van der Waals surface area contributed by atoms with E-state index >= 15 is 0 Å². The summed E-state index contributed by atoms with van der Waals surface area (Å²) in [7, 11) is 0. The number of nitrogens with two attached hydrogens (primary N) is 1. The maximum atomic E-state index is 12.2. The van der Waals surface area contributed by atoms with E-state index < -0.39 is 12.7 Å². The molecule has 1 aliphatic rings. The van der Waals surface area contributed by atoms with Gasteiger partial charge in [-0.25, -0.2) is 0 Å². The number of nitrogen functional groups attached to an aromatic ring is 1. The zero-order chi connectivity index (χ0) is 11.8. The van der Waals surface area contributed by atoms with Crippen molar-refractivity contribution in [2.24, 2.45) is 0 Å². The number of halogens is 3. The second-order valence-electron chi connectivity index (χ2n) is 4.10. The third kappa shape index (κ3) is 2.66. The van der Waals surface area contributed by atoms with E-state index in [0.29, 0.717) is 25.2 Å². The molecule has 1 aromatic carbocycles. The number of alkyl halides is 3. The van der Waals surface area contributed by atoms with Gasteiger partial charge in [-0.05, 0) is 29.7 Å². The number of benzene rings is 1. The van der Waals surface area contributed by atoms with E-state index in [2.05, 4.69) is 0 Å². The molecule has 88 valence electrons. The predicted molar refractivity (Wildman–Crippen MR) is 55.9 cm³/mol. The van der Waals surface area contributed by atoms with Crippen molar-refractivity contribution in [3.8, 4) is 0 Å². The summed E-state index contributed by atoms with van der Waals surface area (Å²) in [5.74, 6) is 0. The molecule has 0 unspecified atom stereocenters. The molecule has 16 heavy (non-hydrogen) atoms. The fraction of sp³-hybridized carbons (Fsp3) is 0.455. The lowest BCUT2D eigenvalue weighted by molar-refractivity contribution is -0.147. The van der Waals surface area contributed by atoms with Gasteiger partial charge in [0.2, 0.25) is 0 Å². The zero-order valence-electron chi connectivity index (χ0n) is 8.72. The van der Waals surface area contributed by atoms with Crippen LogP contribution in [0.3, 0.4) is 0 Å². The first-order chi connectivity index (χ1) is 7.44. The van der Waals surface area contributed by atoms with Gasteiger partial charge in [0.1, 0.15) is 0 Å². The Morgan fingerprint density at radius 2 is 2.00 bits per heavy atom. The second kappa shape index (κ2) is 3.97. The maximum Gasteiger partial charge on any atom is 0.401 e. The van der Waals surface area contributed by atoms with Crippen molar-refractivity contribution >= 4 is 5.69 Å². The molecular formula is C11H13F3N2. The molecule has 0 bridgehead atoms. The van der Waals surface area contributed by atoms with Gasteiger partial charge in [0.15, 0.2) is 0 Å². The van der Waals surface area contributed by atoms with E-state index in [1.807, 2.05) is 6.07 Å². The smallest absolute Gasteiger partial charge is 0.399 e. The fourth-order valence-corrected chi connectivity index (χ4v) is 2.02. The lowest BCUT2D eigenvalue weighted by Gasteiger charge is -2.29. The highest BCUT2D eigenvalue weighted by Crippen LogP contribution is 2.24. The first kappa shape index (κ1) is 11.3. The number of hydrogen-bond donors (Lipinski definition) is 1. The molecule has 5 heteroatoms. The van der Waals surface area contributed by atoms with Crippen LogP contribution < -0.4 is 5.73 Å². The van der Waals surface area contributed by atoms with Gasteiger partial charge in [0.25, 0.3) is 0 Å². The lowest BCUT2D eigenvalue weighted by atomic mass is 9.99. The molecule has 2 nitrogen and oxygen atoms in total. The third-order valence-corrected chi connectivity index (χ3v) is 2.72. The largest absolute Gasteiger partial charge is 0.401 e. The first-order valence-electron chi connectivity index (χ1n) is 5.10. The van der Waals surface area contributed by atoms with Crippen molar-refractivity contribution in [1.29, 1.82) is 0 Å². The Balaban J connectivity index is 2.11. The van der Waals surface area contributed by atoms with E-state index in [4.69, 9.17) is 5.73 Å². The highest BCUT2D eigenvalue weighted by Gasteiger charge is 2.31. The molecule has 0 aliphatic carbocycles. The highest BCUT2D eigenvalue weighted by molar-refractivity contribution is 5.45. The molecule has 0 radical (unpaired) electrons. The summed E-state index contributed by atoms with van der Waals surface area (Å²) in [5.41, 5.74) is 8.23. The van der Waals surface area contributed by atoms with Crippen molar-refractivity contribution in [3.63, 3.8) is 0 Å². The van der Waals surface area contributed by atoms with Crippen molar-refractivity contribution in [2.75, 3.05) is 18.8 Å². The van der Waals surface area contributed by atoms with Gasteiger partial charge < -0.3 is 5.73 Å². The number of nitrogens with zero attached hydrogens (tertiary/aromatic N) is 1. The molecule has 0 saturated heterocycles. The monoisotopic (exact) mass is 230 g/mol. The summed E-state index contributed by atoms with van der Waals surface area (Å²) in [6.45, 7) is -0.0580. The summed E-state index contributed by atoms with van der Waals surface area (Å²) < 4.78 is 36.7. The van der Waals surface area contributed by atoms with Crippen LogP contribution in [0.15, 0.2) is 18.2 Å². The Morgan fingerprint density at radius 1 is 1.25 bits per heavy atom. The van der Waals surface area contributed by atoms with E-state index in [9.17, 15) is 13.2 Å². The Morgan fingerprint density at radius 3 is 2.69 bits per heavy atom. The molecule has 1 aliphatic heterocycles. The predicted octanol–water partition coefficient (Wildman–Crippen LogP) is 2.19. The molecular weight excluding hydrogens is 217 g/mol. The van der Waals surface area contributed by atoms with Gasteiger partial charge in [0, 0.05) is 18.8 Å². The molecule has 0 aromatic heterocycles. The summed E-state index contributed by atoms with van der Waals surface area (Å²) in [5, 5.41) is 0. The van der Waals surface area contributed by atoms with Crippen molar-refractivity contribution < 1.29 is 13.2 Å². The maximum absolute atomic E-state index is 12.2. The molecule has 1 heterocycles. The summed E-state index contributed by atoms with van der Waals surface area (Å²) in [6.07, 6.45) is -3.47. The standard InChI is InChI=1S/C11H13F3N2/c12-11(13,14)7-16-4-3-8-1-2-10(15)5-9(8)6-16/h1-2,5H,3-4,6-7,15H2. The van der Waals surface area contributed by atoms with Crippen LogP contribution in [0.2, 0.25) is 0 Å². The van der Waals surface area contributed by atoms with Crippen LogP contribution in [0.4, 0.5) is 18.9 Å². The molecule has 2 N–H and O–H groups in total. The van der Waals surface area contributed by atoms with Crippen molar-refractivity contribution in [2.45, 2.75) is 19.1 Å². The highest BCUT2D eigenvalue weighted by atomic mass is 19.4.